The second-order valence-corrected chi connectivity index (χ2v) is 9.09. The number of benzene rings is 1. The van der Waals surface area contributed by atoms with Crippen LogP contribution in [-0.4, -0.2) is 55.6 Å². The molecule has 2 aliphatic heterocycles. The fraction of sp³-hybridized carbons (Fsp3) is 0.714. The first-order chi connectivity index (χ1) is 13.5. The second kappa shape index (κ2) is 8.57. The molecule has 2 saturated heterocycles. The molecule has 1 N–H and O–H groups in total. The SMILES string of the molecule is CC1(C)OB(c2ccc(C(NCCN3CCCCC3)C(F)(F)F)cc2)OC1(C)C. The van der Waals surface area contributed by atoms with Crippen molar-refractivity contribution in [3.05, 3.63) is 29.8 Å². The van der Waals surface area contributed by atoms with Crippen molar-refractivity contribution in [2.24, 2.45) is 0 Å². The molecule has 1 unspecified atom stereocenters. The first-order valence-electron chi connectivity index (χ1n) is 10.5. The van der Waals surface area contributed by atoms with E-state index in [0.717, 1.165) is 31.4 Å². The molecule has 0 saturated carbocycles. The summed E-state index contributed by atoms with van der Waals surface area (Å²) in [7, 11) is -0.578. The minimum absolute atomic E-state index is 0.205. The number of piperidine rings is 1. The van der Waals surface area contributed by atoms with E-state index in [4.69, 9.17) is 9.31 Å². The molecule has 0 aromatic heterocycles. The van der Waals surface area contributed by atoms with Gasteiger partial charge in [-0.2, -0.15) is 13.2 Å². The van der Waals surface area contributed by atoms with Gasteiger partial charge in [-0.05, 0) is 64.7 Å². The summed E-state index contributed by atoms with van der Waals surface area (Å²) < 4.78 is 52.9. The molecule has 0 bridgehead atoms. The molecule has 1 aromatic rings. The molecule has 162 valence electrons. The maximum atomic E-state index is 13.7. The predicted octanol–water partition coefficient (Wildman–Crippen LogP) is 3.66. The maximum absolute atomic E-state index is 13.7. The third-order valence-corrected chi connectivity index (χ3v) is 6.35. The number of rotatable bonds is 6. The third kappa shape index (κ3) is 5.34. The Balaban J connectivity index is 1.64. The molecule has 8 heteroatoms. The average Bonchev–Trinajstić information content (AvgIpc) is 2.86. The molecule has 0 amide bonds. The average molecular weight is 412 g/mol. The number of hydrogen-bond acceptors (Lipinski definition) is 4. The Morgan fingerprint density at radius 2 is 1.55 bits per heavy atom. The van der Waals surface area contributed by atoms with Crippen molar-refractivity contribution in [2.45, 2.75) is 70.4 Å². The Labute approximate surface area is 172 Å². The van der Waals surface area contributed by atoms with Crippen LogP contribution in [0.5, 0.6) is 0 Å². The highest BCUT2D eigenvalue weighted by atomic mass is 19.4. The minimum atomic E-state index is -4.35. The Morgan fingerprint density at radius 1 is 1.00 bits per heavy atom. The van der Waals surface area contributed by atoms with Gasteiger partial charge in [0, 0.05) is 13.1 Å². The van der Waals surface area contributed by atoms with Gasteiger partial charge in [-0.25, -0.2) is 0 Å². The van der Waals surface area contributed by atoms with E-state index in [1.807, 2.05) is 27.7 Å². The van der Waals surface area contributed by atoms with Crippen LogP contribution in [0, 0.1) is 0 Å². The normalized spacial score (nSPS) is 23.3. The Bertz CT molecular complexity index is 657. The van der Waals surface area contributed by atoms with Crippen LogP contribution < -0.4 is 10.8 Å². The zero-order valence-corrected chi connectivity index (χ0v) is 17.8. The summed E-state index contributed by atoms with van der Waals surface area (Å²) in [6.07, 6.45) is -0.885. The standard InChI is InChI=1S/C21H32BF3N2O2/c1-19(2)20(3,4)29-22(28-19)17-10-8-16(9-11-17)18(21(23,24)25)26-12-15-27-13-6-5-7-14-27/h8-11,18,26H,5-7,12-15H2,1-4H3. The van der Waals surface area contributed by atoms with E-state index >= 15 is 0 Å². The van der Waals surface area contributed by atoms with Crippen molar-refractivity contribution in [3.8, 4) is 0 Å². The van der Waals surface area contributed by atoms with E-state index < -0.39 is 30.5 Å². The van der Waals surface area contributed by atoms with Crippen LogP contribution in [0.15, 0.2) is 24.3 Å². The van der Waals surface area contributed by atoms with Crippen LogP contribution in [-0.2, 0) is 9.31 Å². The van der Waals surface area contributed by atoms with Crippen LogP contribution in [0.4, 0.5) is 13.2 Å². The summed E-state index contributed by atoms with van der Waals surface area (Å²) in [5.74, 6) is 0. The van der Waals surface area contributed by atoms with Gasteiger partial charge in [-0.1, -0.05) is 30.7 Å². The quantitative estimate of drug-likeness (QED) is 0.724. The highest BCUT2D eigenvalue weighted by molar-refractivity contribution is 6.62. The maximum Gasteiger partial charge on any atom is 0.494 e. The summed E-state index contributed by atoms with van der Waals surface area (Å²) in [4.78, 5) is 2.23. The Hall–Kier alpha value is -1.09. The monoisotopic (exact) mass is 412 g/mol. The van der Waals surface area contributed by atoms with Crippen molar-refractivity contribution >= 4 is 12.6 Å². The van der Waals surface area contributed by atoms with Crippen molar-refractivity contribution < 1.29 is 22.5 Å². The molecular formula is C21H32BF3N2O2. The van der Waals surface area contributed by atoms with Gasteiger partial charge in [-0.3, -0.25) is 0 Å². The first kappa shape index (κ1) is 22.6. The van der Waals surface area contributed by atoms with E-state index in [0.29, 0.717) is 13.1 Å². The van der Waals surface area contributed by atoms with Gasteiger partial charge in [0.1, 0.15) is 6.04 Å². The third-order valence-electron chi connectivity index (χ3n) is 6.35. The molecule has 29 heavy (non-hydrogen) atoms. The molecule has 1 atom stereocenters. The van der Waals surface area contributed by atoms with Crippen molar-refractivity contribution in [1.82, 2.24) is 10.2 Å². The van der Waals surface area contributed by atoms with Crippen LogP contribution in [0.2, 0.25) is 0 Å². The highest BCUT2D eigenvalue weighted by Crippen LogP contribution is 2.37. The van der Waals surface area contributed by atoms with Gasteiger partial charge in [-0.15, -0.1) is 0 Å². The van der Waals surface area contributed by atoms with Crippen molar-refractivity contribution in [1.29, 1.82) is 0 Å². The molecule has 4 nitrogen and oxygen atoms in total. The van der Waals surface area contributed by atoms with E-state index in [1.54, 1.807) is 12.1 Å². The zero-order chi connectivity index (χ0) is 21.3. The topological polar surface area (TPSA) is 33.7 Å². The largest absolute Gasteiger partial charge is 0.494 e. The van der Waals surface area contributed by atoms with Gasteiger partial charge in [0.2, 0.25) is 0 Å². The van der Waals surface area contributed by atoms with Crippen LogP contribution in [0.1, 0.15) is 58.6 Å². The molecule has 3 rings (SSSR count). The fourth-order valence-electron chi connectivity index (χ4n) is 3.80. The number of likely N-dealkylation sites (tertiary alicyclic amines) is 1. The smallest absolute Gasteiger partial charge is 0.399 e. The number of nitrogens with one attached hydrogen (secondary N) is 1. The van der Waals surface area contributed by atoms with Crippen molar-refractivity contribution in [2.75, 3.05) is 26.2 Å². The number of nitrogens with zero attached hydrogens (tertiary/aromatic N) is 1. The van der Waals surface area contributed by atoms with E-state index in [-0.39, 0.29) is 5.56 Å². The summed E-state index contributed by atoms with van der Waals surface area (Å²) in [6, 6.07) is 4.70. The summed E-state index contributed by atoms with van der Waals surface area (Å²) in [5.41, 5.74) is -0.0418. The fourth-order valence-corrected chi connectivity index (χ4v) is 3.80. The van der Waals surface area contributed by atoms with Crippen molar-refractivity contribution in [3.63, 3.8) is 0 Å². The molecule has 2 fully saturated rings. The Morgan fingerprint density at radius 3 is 2.07 bits per heavy atom. The molecule has 0 aliphatic carbocycles. The van der Waals surface area contributed by atoms with Gasteiger partial charge in [0.05, 0.1) is 11.2 Å². The first-order valence-corrected chi connectivity index (χ1v) is 10.5. The minimum Gasteiger partial charge on any atom is -0.399 e. The van der Waals surface area contributed by atoms with Gasteiger partial charge in [0.25, 0.3) is 0 Å². The molecular weight excluding hydrogens is 380 g/mol. The lowest BCUT2D eigenvalue weighted by Crippen LogP contribution is -2.41. The number of hydrogen-bond donors (Lipinski definition) is 1. The Kier molecular flexibility index (Phi) is 6.68. The van der Waals surface area contributed by atoms with Gasteiger partial charge >= 0.3 is 13.3 Å². The number of alkyl halides is 3. The summed E-state index contributed by atoms with van der Waals surface area (Å²) in [5, 5.41) is 2.71. The number of halogens is 3. The predicted molar refractivity (Wildman–Crippen MR) is 109 cm³/mol. The highest BCUT2D eigenvalue weighted by Gasteiger charge is 2.51. The van der Waals surface area contributed by atoms with Gasteiger partial charge < -0.3 is 19.5 Å². The molecule has 0 spiro atoms. The van der Waals surface area contributed by atoms with Crippen LogP contribution in [0.3, 0.4) is 0 Å². The van der Waals surface area contributed by atoms with E-state index in [9.17, 15) is 13.2 Å². The van der Waals surface area contributed by atoms with E-state index in [2.05, 4.69) is 10.2 Å². The molecule has 0 radical (unpaired) electrons. The lowest BCUT2D eigenvalue weighted by atomic mass is 9.78. The second-order valence-electron chi connectivity index (χ2n) is 9.09. The van der Waals surface area contributed by atoms with E-state index in [1.165, 1.54) is 18.6 Å². The van der Waals surface area contributed by atoms with Crippen LogP contribution in [0.25, 0.3) is 0 Å². The molecule has 1 aromatic carbocycles. The lowest BCUT2D eigenvalue weighted by Gasteiger charge is -2.32. The molecule has 2 heterocycles. The van der Waals surface area contributed by atoms with Crippen LogP contribution >= 0.6 is 0 Å². The molecule has 2 aliphatic rings. The summed E-state index contributed by atoms with van der Waals surface area (Å²) >= 11 is 0. The van der Waals surface area contributed by atoms with Gasteiger partial charge in [0.15, 0.2) is 0 Å². The zero-order valence-electron chi connectivity index (χ0n) is 17.8. The summed E-state index contributed by atoms with van der Waals surface area (Å²) in [6.45, 7) is 10.7. The lowest BCUT2D eigenvalue weighted by molar-refractivity contribution is -0.157.